The van der Waals surface area contributed by atoms with Gasteiger partial charge in [0.15, 0.2) is 0 Å². The highest BCUT2D eigenvalue weighted by Crippen LogP contribution is 2.21. The standard InChI is InChI=1S/C10H9NO6/c12-9(13)6-8(10(14)17-11(15)16)7-4-2-1-3-5-7/h1-5,8H,6H2,(H,12,13). The van der Waals surface area contributed by atoms with Crippen molar-refractivity contribution >= 4 is 11.9 Å². The van der Waals surface area contributed by atoms with Crippen molar-refractivity contribution in [3.8, 4) is 0 Å². The zero-order valence-corrected chi connectivity index (χ0v) is 8.61. The number of aliphatic carboxylic acids is 1. The second kappa shape index (κ2) is 5.59. The van der Waals surface area contributed by atoms with E-state index in [0.29, 0.717) is 5.56 Å². The molecule has 1 atom stereocenters. The summed E-state index contributed by atoms with van der Waals surface area (Å²) in [7, 11) is 0. The fourth-order valence-electron chi connectivity index (χ4n) is 1.33. The lowest BCUT2D eigenvalue weighted by Crippen LogP contribution is -2.21. The van der Waals surface area contributed by atoms with E-state index >= 15 is 0 Å². The molecule has 0 saturated heterocycles. The largest absolute Gasteiger partial charge is 0.481 e. The first-order valence-electron chi connectivity index (χ1n) is 4.63. The molecule has 7 heteroatoms. The van der Waals surface area contributed by atoms with Crippen LogP contribution in [-0.2, 0) is 14.4 Å². The van der Waals surface area contributed by atoms with Crippen LogP contribution in [0, 0.1) is 10.1 Å². The fraction of sp³-hybridized carbons (Fsp3) is 0.200. The van der Waals surface area contributed by atoms with Gasteiger partial charge in [0.2, 0.25) is 0 Å². The Hall–Kier alpha value is -2.44. The molecule has 0 saturated carbocycles. The predicted molar refractivity (Wildman–Crippen MR) is 54.5 cm³/mol. The number of carboxylic acid groups (broad SMARTS) is 1. The van der Waals surface area contributed by atoms with Gasteiger partial charge in [-0.3, -0.25) is 9.59 Å². The van der Waals surface area contributed by atoms with Crippen molar-refractivity contribution in [1.82, 2.24) is 0 Å². The van der Waals surface area contributed by atoms with E-state index in [0.717, 1.165) is 0 Å². The van der Waals surface area contributed by atoms with E-state index < -0.39 is 29.4 Å². The van der Waals surface area contributed by atoms with E-state index in [1.54, 1.807) is 18.2 Å². The van der Waals surface area contributed by atoms with Gasteiger partial charge in [0.1, 0.15) is 0 Å². The second-order valence-electron chi connectivity index (χ2n) is 3.20. The topological polar surface area (TPSA) is 107 Å². The van der Waals surface area contributed by atoms with Crippen LogP contribution >= 0.6 is 0 Å². The number of rotatable bonds is 5. The third-order valence-electron chi connectivity index (χ3n) is 2.03. The third-order valence-corrected chi connectivity index (χ3v) is 2.03. The number of benzene rings is 1. The fourth-order valence-corrected chi connectivity index (χ4v) is 1.33. The molecular formula is C10H9NO6. The van der Waals surface area contributed by atoms with E-state index in [4.69, 9.17) is 5.11 Å². The Labute approximate surface area is 95.7 Å². The van der Waals surface area contributed by atoms with Gasteiger partial charge in [-0.2, -0.15) is 0 Å². The Bertz CT molecular complexity index is 430. The van der Waals surface area contributed by atoms with Crippen molar-refractivity contribution in [2.24, 2.45) is 0 Å². The molecule has 7 nitrogen and oxygen atoms in total. The van der Waals surface area contributed by atoms with Crippen molar-refractivity contribution in [3.05, 3.63) is 46.0 Å². The van der Waals surface area contributed by atoms with Crippen LogP contribution in [0.25, 0.3) is 0 Å². The van der Waals surface area contributed by atoms with Crippen LogP contribution in [0.1, 0.15) is 17.9 Å². The number of hydrogen-bond donors (Lipinski definition) is 1. The Morgan fingerprint density at radius 3 is 2.41 bits per heavy atom. The van der Waals surface area contributed by atoms with Gasteiger partial charge < -0.3 is 5.11 Å². The highest BCUT2D eigenvalue weighted by atomic mass is 17.0. The molecule has 0 heterocycles. The molecule has 0 aliphatic rings. The third kappa shape index (κ3) is 3.90. The lowest BCUT2D eigenvalue weighted by atomic mass is 9.96. The van der Waals surface area contributed by atoms with Crippen molar-refractivity contribution in [3.63, 3.8) is 0 Å². The molecule has 17 heavy (non-hydrogen) atoms. The number of nitrogens with zero attached hydrogens (tertiary/aromatic N) is 1. The van der Waals surface area contributed by atoms with E-state index in [-0.39, 0.29) is 0 Å². The summed E-state index contributed by atoms with van der Waals surface area (Å²) < 4.78 is 0. The first-order valence-corrected chi connectivity index (χ1v) is 4.63. The molecular weight excluding hydrogens is 230 g/mol. The van der Waals surface area contributed by atoms with E-state index in [1.165, 1.54) is 12.1 Å². The van der Waals surface area contributed by atoms with Crippen molar-refractivity contribution in [2.75, 3.05) is 0 Å². The van der Waals surface area contributed by atoms with Gasteiger partial charge in [-0.05, 0) is 5.56 Å². The summed E-state index contributed by atoms with van der Waals surface area (Å²) in [6, 6.07) is 7.90. The summed E-state index contributed by atoms with van der Waals surface area (Å²) in [5.41, 5.74) is 0.363. The Morgan fingerprint density at radius 2 is 1.94 bits per heavy atom. The van der Waals surface area contributed by atoms with Gasteiger partial charge in [0.25, 0.3) is 0 Å². The molecule has 0 fully saturated rings. The van der Waals surface area contributed by atoms with Crippen LogP contribution in [0.4, 0.5) is 0 Å². The number of carbonyl (C=O) groups excluding carboxylic acids is 1. The van der Waals surface area contributed by atoms with Crippen molar-refractivity contribution < 1.29 is 24.6 Å². The molecule has 0 radical (unpaired) electrons. The van der Waals surface area contributed by atoms with Gasteiger partial charge in [-0.15, -0.1) is 10.1 Å². The maximum Gasteiger partial charge on any atom is 0.311 e. The molecule has 0 bridgehead atoms. The maximum atomic E-state index is 11.4. The highest BCUT2D eigenvalue weighted by Gasteiger charge is 2.26. The van der Waals surface area contributed by atoms with E-state index in [1.807, 2.05) is 0 Å². The van der Waals surface area contributed by atoms with Crippen molar-refractivity contribution in [1.29, 1.82) is 0 Å². The molecule has 1 unspecified atom stereocenters. The monoisotopic (exact) mass is 239 g/mol. The molecule has 0 amide bonds. The molecule has 0 aromatic heterocycles. The van der Waals surface area contributed by atoms with Gasteiger partial charge in [0, 0.05) is 0 Å². The first-order chi connectivity index (χ1) is 8.00. The van der Waals surface area contributed by atoms with Crippen LogP contribution in [0.2, 0.25) is 0 Å². The molecule has 90 valence electrons. The quantitative estimate of drug-likeness (QED) is 0.606. The summed E-state index contributed by atoms with van der Waals surface area (Å²) in [6.45, 7) is 0. The smallest absolute Gasteiger partial charge is 0.311 e. The minimum Gasteiger partial charge on any atom is -0.481 e. The number of carbonyl (C=O) groups is 2. The molecule has 1 N–H and O–H groups in total. The normalized spacial score (nSPS) is 11.5. The molecule has 0 aliphatic heterocycles. The Balaban J connectivity index is 2.92. The Morgan fingerprint density at radius 1 is 1.35 bits per heavy atom. The molecule has 1 aromatic rings. The molecule has 0 spiro atoms. The average Bonchev–Trinajstić information content (AvgIpc) is 2.25. The van der Waals surface area contributed by atoms with Gasteiger partial charge in [0.05, 0.1) is 12.3 Å². The van der Waals surface area contributed by atoms with Gasteiger partial charge in [-0.25, -0.2) is 4.84 Å². The summed E-state index contributed by atoms with van der Waals surface area (Å²) in [6.07, 6.45) is -0.559. The zero-order chi connectivity index (χ0) is 12.8. The van der Waals surface area contributed by atoms with E-state index in [2.05, 4.69) is 4.84 Å². The summed E-state index contributed by atoms with van der Waals surface area (Å²) >= 11 is 0. The summed E-state index contributed by atoms with van der Waals surface area (Å²) in [5, 5.41) is 17.4. The molecule has 0 aliphatic carbocycles. The first kappa shape index (κ1) is 12.6. The van der Waals surface area contributed by atoms with Crippen LogP contribution in [0.3, 0.4) is 0 Å². The average molecular weight is 239 g/mol. The van der Waals surface area contributed by atoms with Crippen LogP contribution in [0.15, 0.2) is 30.3 Å². The van der Waals surface area contributed by atoms with Gasteiger partial charge >= 0.3 is 17.0 Å². The van der Waals surface area contributed by atoms with Crippen LogP contribution in [0.5, 0.6) is 0 Å². The SMILES string of the molecule is O=C(O)CC(C(=O)O[N+](=O)[O-])c1ccccc1. The lowest BCUT2D eigenvalue weighted by molar-refractivity contribution is -0.730. The second-order valence-corrected chi connectivity index (χ2v) is 3.20. The van der Waals surface area contributed by atoms with E-state index in [9.17, 15) is 19.7 Å². The number of carboxylic acids is 1. The van der Waals surface area contributed by atoms with Crippen molar-refractivity contribution in [2.45, 2.75) is 12.3 Å². The zero-order valence-electron chi connectivity index (χ0n) is 8.61. The molecule has 1 aromatic carbocycles. The summed E-state index contributed by atoms with van der Waals surface area (Å²) in [5.74, 6) is -3.61. The van der Waals surface area contributed by atoms with Crippen LogP contribution < -0.4 is 0 Å². The van der Waals surface area contributed by atoms with Gasteiger partial charge in [-0.1, -0.05) is 30.3 Å². The number of hydrogen-bond acceptors (Lipinski definition) is 5. The minimum atomic E-state index is -1.25. The minimum absolute atomic E-state index is 0.363. The Kier molecular flexibility index (Phi) is 4.15. The molecule has 1 rings (SSSR count). The predicted octanol–water partition coefficient (Wildman–Crippen LogP) is 0.980. The maximum absolute atomic E-state index is 11.4. The highest BCUT2D eigenvalue weighted by molar-refractivity contribution is 5.83. The summed E-state index contributed by atoms with van der Waals surface area (Å²) in [4.78, 5) is 35.8. The van der Waals surface area contributed by atoms with Crippen LogP contribution in [-0.4, -0.2) is 22.1 Å². The lowest BCUT2D eigenvalue weighted by Gasteiger charge is -2.11.